The predicted molar refractivity (Wildman–Crippen MR) is 70.7 cm³/mol. The highest BCUT2D eigenvalue weighted by Crippen LogP contribution is 2.26. The molecule has 0 aliphatic heterocycles. The first-order valence-corrected chi connectivity index (χ1v) is 5.74. The summed E-state index contributed by atoms with van der Waals surface area (Å²) >= 11 is 0. The van der Waals surface area contributed by atoms with Gasteiger partial charge in [-0.2, -0.15) is 0 Å². The van der Waals surface area contributed by atoms with E-state index in [-0.39, 0.29) is 5.56 Å². The minimum Gasteiger partial charge on any atom is -0.478 e. The predicted octanol–water partition coefficient (Wildman–Crippen LogP) is 2.51. The maximum absolute atomic E-state index is 11.1. The lowest BCUT2D eigenvalue weighted by molar-refractivity contribution is 0.0698. The average Bonchev–Trinajstić information content (AvgIpc) is 2.30. The molecule has 3 N–H and O–H groups in total. The van der Waals surface area contributed by atoms with E-state index in [0.717, 1.165) is 17.7 Å². The Labute approximate surface area is 102 Å². The number of hydrogen-bond donors (Lipinski definition) is 2. The van der Waals surface area contributed by atoms with Gasteiger partial charge in [0.1, 0.15) is 0 Å². The molecule has 1 unspecified atom stereocenters. The minimum atomic E-state index is -0.981. The van der Waals surface area contributed by atoms with Crippen molar-refractivity contribution in [2.24, 2.45) is 0 Å². The van der Waals surface area contributed by atoms with Crippen LogP contribution in [0.5, 0.6) is 0 Å². The molecule has 94 valence electrons. The maximum Gasteiger partial charge on any atom is 0.337 e. The van der Waals surface area contributed by atoms with E-state index in [9.17, 15) is 4.79 Å². The molecule has 0 saturated carbocycles. The molecule has 1 atom stereocenters. The summed E-state index contributed by atoms with van der Waals surface area (Å²) in [6, 6.07) is 3.92. The Kier molecular flexibility index (Phi) is 3.99. The molecule has 0 saturated heterocycles. The van der Waals surface area contributed by atoms with Crippen LogP contribution in [0.1, 0.15) is 36.2 Å². The van der Waals surface area contributed by atoms with Crippen molar-refractivity contribution in [3.63, 3.8) is 0 Å². The van der Waals surface area contributed by atoms with E-state index in [1.165, 1.54) is 0 Å². The van der Waals surface area contributed by atoms with Crippen LogP contribution >= 0.6 is 0 Å². The summed E-state index contributed by atoms with van der Waals surface area (Å²) in [6.07, 6.45) is 1.00. The van der Waals surface area contributed by atoms with E-state index in [2.05, 4.69) is 18.7 Å². The highest BCUT2D eigenvalue weighted by molar-refractivity contribution is 5.95. The molecular weight excluding hydrogens is 216 g/mol. The number of carbonyl (C=O) groups is 1. The smallest absolute Gasteiger partial charge is 0.337 e. The maximum atomic E-state index is 11.1. The van der Waals surface area contributed by atoms with E-state index >= 15 is 0 Å². The van der Waals surface area contributed by atoms with Crippen molar-refractivity contribution < 1.29 is 9.90 Å². The number of rotatable bonds is 4. The number of nitrogen functional groups attached to an aromatic ring is 1. The quantitative estimate of drug-likeness (QED) is 0.788. The molecule has 0 heterocycles. The highest BCUT2D eigenvalue weighted by Gasteiger charge is 2.15. The Morgan fingerprint density at radius 2 is 2.12 bits per heavy atom. The largest absolute Gasteiger partial charge is 0.478 e. The van der Waals surface area contributed by atoms with Crippen LogP contribution < -0.4 is 10.6 Å². The lowest BCUT2D eigenvalue weighted by Gasteiger charge is -2.27. The van der Waals surface area contributed by atoms with Crippen molar-refractivity contribution in [1.29, 1.82) is 0 Å². The molecule has 0 radical (unpaired) electrons. The van der Waals surface area contributed by atoms with Gasteiger partial charge in [0, 0.05) is 24.5 Å². The van der Waals surface area contributed by atoms with Gasteiger partial charge in [-0.15, -0.1) is 0 Å². The number of nitrogens with two attached hydrogens (primary N) is 1. The van der Waals surface area contributed by atoms with E-state index in [1.807, 2.05) is 20.0 Å². The number of benzene rings is 1. The monoisotopic (exact) mass is 236 g/mol. The first-order chi connectivity index (χ1) is 7.88. The summed E-state index contributed by atoms with van der Waals surface area (Å²) in [5.41, 5.74) is 7.98. The van der Waals surface area contributed by atoms with Gasteiger partial charge in [-0.05, 0) is 38.0 Å². The molecule has 4 nitrogen and oxygen atoms in total. The third-order valence-electron chi connectivity index (χ3n) is 3.26. The topological polar surface area (TPSA) is 66.6 Å². The van der Waals surface area contributed by atoms with Gasteiger partial charge in [-0.3, -0.25) is 0 Å². The second-order valence-corrected chi connectivity index (χ2v) is 4.40. The lowest BCUT2D eigenvalue weighted by Crippen LogP contribution is -2.28. The number of anilines is 2. The molecule has 0 aliphatic rings. The summed E-state index contributed by atoms with van der Waals surface area (Å²) in [5, 5.41) is 9.09. The number of aryl methyl sites for hydroxylation is 1. The molecule has 0 spiro atoms. The molecule has 1 aromatic rings. The molecule has 4 heteroatoms. The third kappa shape index (κ3) is 2.70. The van der Waals surface area contributed by atoms with Crippen LogP contribution in [0.15, 0.2) is 12.1 Å². The van der Waals surface area contributed by atoms with Gasteiger partial charge in [-0.1, -0.05) is 6.92 Å². The summed E-state index contributed by atoms with van der Waals surface area (Å²) in [5.74, 6) is -0.981. The Bertz CT molecular complexity index is 430. The van der Waals surface area contributed by atoms with Crippen molar-refractivity contribution >= 4 is 17.3 Å². The Morgan fingerprint density at radius 1 is 1.53 bits per heavy atom. The lowest BCUT2D eigenvalue weighted by atomic mass is 10.1. The second-order valence-electron chi connectivity index (χ2n) is 4.40. The summed E-state index contributed by atoms with van der Waals surface area (Å²) in [7, 11) is 1.96. The van der Waals surface area contributed by atoms with Gasteiger partial charge < -0.3 is 15.7 Å². The SMILES string of the molecule is CCC(C)N(C)c1cc(C)c(N)c(C(=O)O)c1. The molecule has 0 bridgehead atoms. The van der Waals surface area contributed by atoms with Crippen LogP contribution in [0.3, 0.4) is 0 Å². The number of aromatic carboxylic acids is 1. The number of carboxylic acids is 1. The van der Waals surface area contributed by atoms with Gasteiger partial charge in [0.25, 0.3) is 0 Å². The molecule has 17 heavy (non-hydrogen) atoms. The van der Waals surface area contributed by atoms with Gasteiger partial charge in [0.2, 0.25) is 0 Å². The summed E-state index contributed by atoms with van der Waals surface area (Å²) < 4.78 is 0. The van der Waals surface area contributed by atoms with E-state index in [0.29, 0.717) is 11.7 Å². The van der Waals surface area contributed by atoms with Crippen molar-refractivity contribution in [1.82, 2.24) is 0 Å². The zero-order chi connectivity index (χ0) is 13.2. The molecule has 0 fully saturated rings. The molecule has 0 aliphatic carbocycles. The van der Waals surface area contributed by atoms with Crippen LogP contribution in [-0.2, 0) is 0 Å². The fourth-order valence-corrected chi connectivity index (χ4v) is 1.69. The third-order valence-corrected chi connectivity index (χ3v) is 3.26. The molecule has 1 aromatic carbocycles. The van der Waals surface area contributed by atoms with Crippen LogP contribution in [0.4, 0.5) is 11.4 Å². The summed E-state index contributed by atoms with van der Waals surface area (Å²) in [6.45, 7) is 6.03. The van der Waals surface area contributed by atoms with Crippen molar-refractivity contribution in [2.75, 3.05) is 17.7 Å². The van der Waals surface area contributed by atoms with Crippen LogP contribution in [-0.4, -0.2) is 24.2 Å². The van der Waals surface area contributed by atoms with E-state index < -0.39 is 5.97 Å². The Morgan fingerprint density at radius 3 is 2.59 bits per heavy atom. The number of nitrogens with zero attached hydrogens (tertiary/aromatic N) is 1. The molecule has 0 amide bonds. The second kappa shape index (κ2) is 5.08. The Hall–Kier alpha value is -1.71. The van der Waals surface area contributed by atoms with Crippen LogP contribution in [0.25, 0.3) is 0 Å². The van der Waals surface area contributed by atoms with E-state index in [4.69, 9.17) is 10.8 Å². The fraction of sp³-hybridized carbons (Fsp3) is 0.462. The first kappa shape index (κ1) is 13.4. The van der Waals surface area contributed by atoms with Crippen molar-refractivity contribution in [2.45, 2.75) is 33.2 Å². The number of carboxylic acid groups (broad SMARTS) is 1. The normalized spacial score (nSPS) is 12.2. The van der Waals surface area contributed by atoms with Gasteiger partial charge >= 0.3 is 5.97 Å². The standard InChI is InChI=1S/C13H20N2O2/c1-5-9(3)15(4)10-6-8(2)12(14)11(7-10)13(16)17/h6-7,9H,5,14H2,1-4H3,(H,16,17). The molecule has 0 aromatic heterocycles. The number of hydrogen-bond acceptors (Lipinski definition) is 3. The van der Waals surface area contributed by atoms with E-state index in [1.54, 1.807) is 6.07 Å². The van der Waals surface area contributed by atoms with Crippen molar-refractivity contribution in [3.05, 3.63) is 23.3 Å². The zero-order valence-electron chi connectivity index (χ0n) is 10.8. The van der Waals surface area contributed by atoms with Crippen LogP contribution in [0, 0.1) is 6.92 Å². The van der Waals surface area contributed by atoms with Gasteiger partial charge in [0.05, 0.1) is 5.56 Å². The zero-order valence-corrected chi connectivity index (χ0v) is 10.8. The van der Waals surface area contributed by atoms with Crippen LogP contribution in [0.2, 0.25) is 0 Å². The van der Waals surface area contributed by atoms with Gasteiger partial charge in [-0.25, -0.2) is 4.79 Å². The summed E-state index contributed by atoms with van der Waals surface area (Å²) in [4.78, 5) is 13.2. The first-order valence-electron chi connectivity index (χ1n) is 5.74. The highest BCUT2D eigenvalue weighted by atomic mass is 16.4. The average molecular weight is 236 g/mol. The van der Waals surface area contributed by atoms with Gasteiger partial charge in [0.15, 0.2) is 0 Å². The minimum absolute atomic E-state index is 0.176. The fourth-order valence-electron chi connectivity index (χ4n) is 1.69. The molecular formula is C13H20N2O2. The van der Waals surface area contributed by atoms with Crippen molar-refractivity contribution in [3.8, 4) is 0 Å². The molecule has 1 rings (SSSR count). The Balaban J connectivity index is 3.23.